The Morgan fingerprint density at radius 1 is 1.03 bits per heavy atom. The average Bonchev–Trinajstić information content (AvgIpc) is 2.87. The topological polar surface area (TPSA) is 112 Å². The van der Waals surface area contributed by atoms with Crippen LogP contribution in [0.2, 0.25) is 0 Å². The molecule has 1 aliphatic carbocycles. The van der Waals surface area contributed by atoms with Crippen molar-refractivity contribution in [3.05, 3.63) is 18.2 Å². The first-order chi connectivity index (χ1) is 16.3. The molecule has 3 rings (SSSR count). The van der Waals surface area contributed by atoms with E-state index in [1.807, 2.05) is 0 Å². The summed E-state index contributed by atoms with van der Waals surface area (Å²) in [5.74, 6) is -0.835. The Morgan fingerprint density at radius 2 is 1.76 bits per heavy atom. The van der Waals surface area contributed by atoms with Crippen LogP contribution in [-0.2, 0) is 19.1 Å². The lowest BCUT2D eigenvalue weighted by Crippen LogP contribution is -2.58. The van der Waals surface area contributed by atoms with E-state index in [9.17, 15) is 19.5 Å². The number of carbonyl (C=O) groups is 3. The molecule has 1 saturated heterocycles. The lowest BCUT2D eigenvalue weighted by atomic mass is 9.73. The highest BCUT2D eigenvalue weighted by molar-refractivity contribution is 6.39. The van der Waals surface area contributed by atoms with Crippen LogP contribution in [0.25, 0.3) is 0 Å². The van der Waals surface area contributed by atoms with Gasteiger partial charge in [0.2, 0.25) is 0 Å². The number of benzene rings is 1. The summed E-state index contributed by atoms with van der Waals surface area (Å²) in [5.41, 5.74) is -1.66. The zero-order valence-corrected chi connectivity index (χ0v) is 20.2. The highest BCUT2D eigenvalue weighted by atomic mass is 16.6. The normalized spacial score (nSPS) is 24.8. The number of esters is 1. The molecule has 0 radical (unpaired) electrons. The van der Waals surface area contributed by atoms with E-state index < -0.39 is 29.3 Å². The van der Waals surface area contributed by atoms with Gasteiger partial charge in [0.25, 0.3) is 11.7 Å². The molecule has 0 spiro atoms. The van der Waals surface area contributed by atoms with Crippen molar-refractivity contribution in [3.8, 4) is 17.2 Å². The number of ketones is 1. The monoisotopic (exact) mass is 477 g/mol. The summed E-state index contributed by atoms with van der Waals surface area (Å²) in [6.07, 6.45) is 4.46. The van der Waals surface area contributed by atoms with Crippen LogP contribution in [0.15, 0.2) is 18.2 Å². The molecule has 2 aliphatic rings. The van der Waals surface area contributed by atoms with Gasteiger partial charge in [0.1, 0.15) is 30.6 Å². The van der Waals surface area contributed by atoms with E-state index >= 15 is 0 Å². The number of nitrogens with zero attached hydrogens (tertiary/aromatic N) is 1. The van der Waals surface area contributed by atoms with Crippen LogP contribution in [0.1, 0.15) is 51.9 Å². The Hall–Kier alpha value is -2.81. The summed E-state index contributed by atoms with van der Waals surface area (Å²) < 4.78 is 21.4. The van der Waals surface area contributed by atoms with Crippen molar-refractivity contribution < 1.29 is 38.4 Å². The predicted molar refractivity (Wildman–Crippen MR) is 123 cm³/mol. The molecule has 9 heteroatoms. The highest BCUT2D eigenvalue weighted by Crippen LogP contribution is 2.35. The van der Waals surface area contributed by atoms with Gasteiger partial charge >= 0.3 is 5.97 Å². The van der Waals surface area contributed by atoms with Gasteiger partial charge in [-0.05, 0) is 50.2 Å². The van der Waals surface area contributed by atoms with E-state index in [0.717, 1.165) is 12.8 Å². The summed E-state index contributed by atoms with van der Waals surface area (Å²) in [4.78, 5) is 40.1. The maximum atomic E-state index is 13.1. The van der Waals surface area contributed by atoms with E-state index in [1.165, 1.54) is 12.0 Å². The van der Waals surface area contributed by atoms with Gasteiger partial charge < -0.3 is 29.0 Å². The van der Waals surface area contributed by atoms with Crippen LogP contribution >= 0.6 is 0 Å². The van der Waals surface area contributed by atoms with Gasteiger partial charge in [0.15, 0.2) is 11.5 Å². The van der Waals surface area contributed by atoms with Gasteiger partial charge in [0, 0.05) is 12.6 Å². The Kier molecular flexibility index (Phi) is 8.77. The molecule has 1 aromatic carbocycles. The Balaban J connectivity index is 1.56. The fraction of sp³-hybridized carbons (Fsp3) is 0.640. The van der Waals surface area contributed by atoms with E-state index in [0.29, 0.717) is 42.9 Å². The number of hydrogen-bond donors (Lipinski definition) is 1. The third kappa shape index (κ3) is 5.63. The fourth-order valence-corrected chi connectivity index (χ4v) is 4.71. The highest BCUT2D eigenvalue weighted by Gasteiger charge is 2.48. The number of carbonyl (C=O) groups excluding carboxylic acids is 3. The first-order valence-corrected chi connectivity index (χ1v) is 11.9. The van der Waals surface area contributed by atoms with E-state index in [4.69, 9.17) is 18.9 Å². The molecule has 1 N–H and O–H groups in total. The molecular formula is C25H35NO8. The number of hydrogen-bond acceptors (Lipinski definition) is 8. The van der Waals surface area contributed by atoms with Crippen molar-refractivity contribution in [1.29, 1.82) is 0 Å². The quantitative estimate of drug-likeness (QED) is 0.328. The van der Waals surface area contributed by atoms with Crippen LogP contribution in [0.4, 0.5) is 0 Å². The first kappa shape index (κ1) is 25.8. The minimum Gasteiger partial charge on any atom is -0.493 e. The second-order valence-corrected chi connectivity index (χ2v) is 8.94. The number of aliphatic hydroxyl groups is 1. The number of rotatable bonds is 9. The number of likely N-dealkylation sites (tertiary alicyclic amines) is 1. The van der Waals surface area contributed by atoms with Gasteiger partial charge in [0.05, 0.1) is 14.2 Å². The van der Waals surface area contributed by atoms with Crippen molar-refractivity contribution in [1.82, 2.24) is 4.90 Å². The third-order valence-electron chi connectivity index (χ3n) is 6.83. The van der Waals surface area contributed by atoms with Gasteiger partial charge in [-0.1, -0.05) is 19.8 Å². The minimum absolute atomic E-state index is 0.0133. The van der Waals surface area contributed by atoms with E-state index in [2.05, 4.69) is 0 Å². The smallest absolute Gasteiger partial charge is 0.328 e. The van der Waals surface area contributed by atoms with Crippen LogP contribution < -0.4 is 14.2 Å². The van der Waals surface area contributed by atoms with Gasteiger partial charge in [-0.15, -0.1) is 0 Å². The number of piperidine rings is 1. The Morgan fingerprint density at radius 3 is 2.47 bits per heavy atom. The van der Waals surface area contributed by atoms with Crippen LogP contribution in [0.3, 0.4) is 0 Å². The van der Waals surface area contributed by atoms with Gasteiger partial charge in [-0.25, -0.2) is 4.79 Å². The standard InChI is InChI=1S/C25H35NO8/c1-17-8-4-6-12-25(17,30)22(27)23(28)26-13-7-5-9-19(26)24(29)34-15-14-33-18-10-11-20(31-2)21(16-18)32-3/h10-11,16-17,19,30H,4-9,12-15H2,1-3H3/t17-,19+,25+/m1/s1. The molecule has 0 unspecified atom stereocenters. The SMILES string of the molecule is COc1ccc(OCCOC(=O)[C@@H]2CCCCN2C(=O)C(=O)[C@]2(O)CCCC[C@H]2C)cc1OC. The summed E-state index contributed by atoms with van der Waals surface area (Å²) in [6, 6.07) is 4.26. The predicted octanol–water partition coefficient (Wildman–Crippen LogP) is 2.52. The molecule has 0 aromatic heterocycles. The number of amides is 1. The van der Waals surface area contributed by atoms with E-state index in [-0.39, 0.29) is 32.1 Å². The van der Waals surface area contributed by atoms with Crippen LogP contribution in [-0.4, -0.2) is 73.3 Å². The fourth-order valence-electron chi connectivity index (χ4n) is 4.71. The molecule has 1 aromatic rings. The average molecular weight is 478 g/mol. The zero-order valence-electron chi connectivity index (χ0n) is 20.2. The second-order valence-electron chi connectivity index (χ2n) is 8.94. The molecule has 1 amide bonds. The minimum atomic E-state index is -1.66. The lowest BCUT2D eigenvalue weighted by Gasteiger charge is -2.39. The molecule has 2 fully saturated rings. The molecular weight excluding hydrogens is 442 g/mol. The molecule has 188 valence electrons. The summed E-state index contributed by atoms with van der Waals surface area (Å²) in [7, 11) is 3.07. The Bertz CT molecular complexity index is 888. The zero-order chi connectivity index (χ0) is 24.7. The van der Waals surface area contributed by atoms with Crippen molar-refractivity contribution >= 4 is 17.7 Å². The molecule has 34 heavy (non-hydrogen) atoms. The number of Topliss-reactive ketones (excluding diaryl/α,β-unsaturated/α-hetero) is 1. The summed E-state index contributed by atoms with van der Waals surface area (Å²) >= 11 is 0. The summed E-state index contributed by atoms with van der Waals surface area (Å²) in [6.45, 7) is 2.18. The van der Waals surface area contributed by atoms with Crippen LogP contribution in [0, 0.1) is 5.92 Å². The number of ether oxygens (including phenoxy) is 4. The van der Waals surface area contributed by atoms with Gasteiger partial charge in [-0.3, -0.25) is 9.59 Å². The first-order valence-electron chi connectivity index (χ1n) is 11.9. The molecule has 1 aliphatic heterocycles. The molecule has 9 nitrogen and oxygen atoms in total. The third-order valence-corrected chi connectivity index (χ3v) is 6.83. The summed E-state index contributed by atoms with van der Waals surface area (Å²) in [5, 5.41) is 10.9. The van der Waals surface area contributed by atoms with E-state index in [1.54, 1.807) is 32.2 Å². The van der Waals surface area contributed by atoms with Crippen molar-refractivity contribution in [2.24, 2.45) is 5.92 Å². The van der Waals surface area contributed by atoms with Gasteiger partial charge in [-0.2, -0.15) is 0 Å². The Labute approximate surface area is 200 Å². The van der Waals surface area contributed by atoms with Crippen molar-refractivity contribution in [2.45, 2.75) is 63.5 Å². The molecule has 1 heterocycles. The second kappa shape index (κ2) is 11.6. The van der Waals surface area contributed by atoms with Crippen molar-refractivity contribution in [3.63, 3.8) is 0 Å². The maximum Gasteiger partial charge on any atom is 0.328 e. The molecule has 1 saturated carbocycles. The largest absolute Gasteiger partial charge is 0.493 e. The molecule has 3 atom stereocenters. The maximum absolute atomic E-state index is 13.1. The van der Waals surface area contributed by atoms with Crippen LogP contribution in [0.5, 0.6) is 17.2 Å². The van der Waals surface area contributed by atoms with Crippen molar-refractivity contribution in [2.75, 3.05) is 34.0 Å². The lowest BCUT2D eigenvalue weighted by molar-refractivity contribution is -0.167. The number of methoxy groups -OCH3 is 2. The molecule has 0 bridgehead atoms.